The van der Waals surface area contributed by atoms with Gasteiger partial charge in [-0.25, -0.2) is 0 Å². The maximum atomic E-state index is 2.34. The molecule has 8 rings (SSSR count). The zero-order chi connectivity index (χ0) is 28.5. The summed E-state index contributed by atoms with van der Waals surface area (Å²) in [6.07, 6.45) is 2.17. The van der Waals surface area contributed by atoms with Gasteiger partial charge in [-0.1, -0.05) is 122 Å². The number of aryl methyl sites for hydroxylation is 2. The van der Waals surface area contributed by atoms with Gasteiger partial charge < -0.3 is 24.8 Å². The van der Waals surface area contributed by atoms with E-state index >= 15 is 0 Å². The smallest absolute Gasteiger partial charge is 1.00 e. The Kier molecular flexibility index (Phi) is 14.0. The van der Waals surface area contributed by atoms with Gasteiger partial charge in [0.1, 0.15) is 0 Å². The van der Waals surface area contributed by atoms with Gasteiger partial charge in [0.05, 0.1) is 0 Å². The van der Waals surface area contributed by atoms with Crippen LogP contribution < -0.4 is 24.8 Å². The van der Waals surface area contributed by atoms with E-state index in [1.807, 2.05) is 0 Å². The number of hydrogen-bond donors (Lipinski definition) is 0. The van der Waals surface area contributed by atoms with E-state index < -0.39 is 0 Å². The molecular weight excluding hydrogens is 758 g/mol. The fourth-order valence-electron chi connectivity index (χ4n) is 6.39. The molecule has 0 radical (unpaired) electrons. The number of hydrogen-bond acceptors (Lipinski definition) is 0. The van der Waals surface area contributed by atoms with Crippen molar-refractivity contribution < 1.29 is 77.2 Å². The quantitative estimate of drug-likeness (QED) is 0.196. The summed E-state index contributed by atoms with van der Waals surface area (Å²) in [5, 5.41) is 10.7. The molecule has 0 amide bonds. The molecule has 0 aliphatic carbocycles. The van der Waals surface area contributed by atoms with Gasteiger partial charge in [0, 0.05) is 0 Å². The van der Waals surface area contributed by atoms with E-state index in [-0.39, 0.29) is 77.2 Å². The minimum Gasteiger partial charge on any atom is -1.00 e. The Morgan fingerprint density at radius 2 is 0.717 bits per heavy atom. The van der Waals surface area contributed by atoms with Crippen molar-refractivity contribution in [2.75, 3.05) is 0 Å². The van der Waals surface area contributed by atoms with Crippen LogP contribution in [0.4, 0.5) is 0 Å². The van der Waals surface area contributed by atoms with Crippen LogP contribution in [0.2, 0.25) is 0 Å². The van der Waals surface area contributed by atoms with Crippen molar-refractivity contribution in [1.29, 1.82) is 0 Å². The Balaban J connectivity index is 0.000000230. The fourth-order valence-corrected chi connectivity index (χ4v) is 6.39. The van der Waals surface area contributed by atoms with Crippen molar-refractivity contribution in [3.8, 4) is 22.3 Å². The third kappa shape index (κ3) is 7.43. The maximum Gasteiger partial charge on any atom is 2.00 e. The van der Waals surface area contributed by atoms with Crippen LogP contribution >= 0.6 is 0 Å². The van der Waals surface area contributed by atoms with Gasteiger partial charge >= 0.3 is 52.4 Å². The second-order valence-corrected chi connectivity index (χ2v) is 11.1. The van der Waals surface area contributed by atoms with Crippen molar-refractivity contribution in [3.63, 3.8) is 0 Å². The SMILES string of the molecule is CCc1cc2c(-c3cccc4ccccc34)cccc2[cH-]1.CCc1cc2c(-c3cccc4ccccc34)cccc2[cH-]1.[Cl-].[Cl-].[Zr+2].[Zr+2]. The number of halogens is 2. The summed E-state index contributed by atoms with van der Waals surface area (Å²) < 4.78 is 0. The standard InChI is InChI=1S/2C21H17.2ClH.2Zr/c2*1-2-15-13-17-9-6-12-20(21(17)14-15)19-11-5-8-16-7-3-4-10-18(16)19;;;;/h2*3-14H,2H2,1H3;2*1H;;/q2*-1;;;2*+2/p-2. The van der Waals surface area contributed by atoms with Gasteiger partial charge in [-0.3, -0.25) is 0 Å². The van der Waals surface area contributed by atoms with Gasteiger partial charge in [-0.05, 0) is 45.5 Å². The van der Waals surface area contributed by atoms with Crippen LogP contribution in [0.1, 0.15) is 25.0 Å². The van der Waals surface area contributed by atoms with Gasteiger partial charge in [-0.15, -0.1) is 69.1 Å². The van der Waals surface area contributed by atoms with E-state index in [1.165, 1.54) is 76.5 Å². The first kappa shape index (κ1) is 37.9. The van der Waals surface area contributed by atoms with E-state index in [1.54, 1.807) is 0 Å². The molecule has 0 fully saturated rings. The summed E-state index contributed by atoms with van der Waals surface area (Å²) in [5.74, 6) is 0. The minimum atomic E-state index is 0. The van der Waals surface area contributed by atoms with Crippen LogP contribution in [-0.4, -0.2) is 0 Å². The summed E-state index contributed by atoms with van der Waals surface area (Å²) in [5.41, 5.74) is 8.15. The summed E-state index contributed by atoms with van der Waals surface area (Å²) in [6, 6.07) is 52.9. The number of benzene rings is 6. The molecule has 4 heteroatoms. The predicted octanol–water partition coefficient (Wildman–Crippen LogP) is 5.89. The number of rotatable bonds is 4. The Morgan fingerprint density at radius 1 is 0.391 bits per heavy atom. The van der Waals surface area contributed by atoms with Gasteiger partial charge in [0.2, 0.25) is 0 Å². The normalized spacial score (nSPS) is 10.3. The van der Waals surface area contributed by atoms with Crippen LogP contribution in [-0.2, 0) is 65.2 Å². The van der Waals surface area contributed by atoms with E-state index in [0.29, 0.717) is 0 Å². The van der Waals surface area contributed by atoms with Gasteiger partial charge in [-0.2, -0.15) is 12.1 Å². The third-order valence-electron chi connectivity index (χ3n) is 8.60. The molecule has 0 saturated heterocycles. The molecule has 0 heterocycles. The van der Waals surface area contributed by atoms with Gasteiger partial charge in [0.15, 0.2) is 0 Å². The molecule has 0 aliphatic heterocycles. The summed E-state index contributed by atoms with van der Waals surface area (Å²) >= 11 is 0. The second-order valence-electron chi connectivity index (χ2n) is 11.1. The van der Waals surface area contributed by atoms with Crippen molar-refractivity contribution in [2.24, 2.45) is 0 Å². The molecular formula is C42H34Cl2Zr2. The molecule has 0 nitrogen and oxygen atoms in total. The Hall–Kier alpha value is -2.59. The Labute approximate surface area is 323 Å². The van der Waals surface area contributed by atoms with Crippen LogP contribution in [0.15, 0.2) is 146 Å². The molecule has 46 heavy (non-hydrogen) atoms. The molecule has 0 spiro atoms. The zero-order valence-corrected chi connectivity index (χ0v) is 32.5. The third-order valence-corrected chi connectivity index (χ3v) is 8.60. The van der Waals surface area contributed by atoms with E-state index in [9.17, 15) is 0 Å². The largest absolute Gasteiger partial charge is 2.00 e. The molecule has 0 N–H and O–H groups in total. The Morgan fingerprint density at radius 3 is 1.11 bits per heavy atom. The zero-order valence-electron chi connectivity index (χ0n) is 26.0. The average molecular weight is 792 g/mol. The molecule has 0 bridgehead atoms. The van der Waals surface area contributed by atoms with E-state index in [0.717, 1.165) is 12.8 Å². The second kappa shape index (κ2) is 17.0. The van der Waals surface area contributed by atoms with Gasteiger partial charge in [0.25, 0.3) is 0 Å². The molecule has 0 aliphatic rings. The Bertz CT molecular complexity index is 2020. The minimum absolute atomic E-state index is 0. The van der Waals surface area contributed by atoms with Crippen molar-refractivity contribution >= 4 is 43.1 Å². The van der Waals surface area contributed by atoms with Crippen LogP contribution in [0.5, 0.6) is 0 Å². The molecule has 224 valence electrons. The first-order valence-electron chi connectivity index (χ1n) is 15.1. The molecule has 8 aromatic carbocycles. The molecule has 0 atom stereocenters. The van der Waals surface area contributed by atoms with Crippen molar-refractivity contribution in [2.45, 2.75) is 26.7 Å². The maximum absolute atomic E-state index is 2.34. The van der Waals surface area contributed by atoms with E-state index in [2.05, 4.69) is 159 Å². The first-order chi connectivity index (χ1) is 20.7. The monoisotopic (exact) mass is 788 g/mol. The summed E-state index contributed by atoms with van der Waals surface area (Å²) in [6.45, 7) is 4.43. The van der Waals surface area contributed by atoms with Crippen molar-refractivity contribution in [3.05, 3.63) is 157 Å². The molecule has 0 saturated carbocycles. The van der Waals surface area contributed by atoms with Crippen LogP contribution in [0.25, 0.3) is 65.3 Å². The fraction of sp³-hybridized carbons (Fsp3) is 0.0952. The topological polar surface area (TPSA) is 0 Å². The van der Waals surface area contributed by atoms with Crippen LogP contribution in [0, 0.1) is 0 Å². The van der Waals surface area contributed by atoms with Crippen LogP contribution in [0.3, 0.4) is 0 Å². The molecule has 8 aromatic rings. The van der Waals surface area contributed by atoms with Crippen molar-refractivity contribution in [1.82, 2.24) is 0 Å². The summed E-state index contributed by atoms with van der Waals surface area (Å²) in [4.78, 5) is 0. The summed E-state index contributed by atoms with van der Waals surface area (Å²) in [7, 11) is 0. The molecule has 0 unspecified atom stereocenters. The predicted molar refractivity (Wildman–Crippen MR) is 184 cm³/mol. The molecule has 0 aromatic heterocycles. The first-order valence-corrected chi connectivity index (χ1v) is 15.1. The average Bonchev–Trinajstić information content (AvgIpc) is 3.69. The number of fused-ring (bicyclic) bond motifs is 4. The van der Waals surface area contributed by atoms with E-state index in [4.69, 9.17) is 0 Å².